The maximum atomic E-state index is 3.48. The summed E-state index contributed by atoms with van der Waals surface area (Å²) in [5, 5.41) is 3.48. The van der Waals surface area contributed by atoms with Crippen molar-refractivity contribution in [1.82, 2.24) is 0 Å². The molecule has 0 spiro atoms. The molecule has 1 nitrogen and oxygen atoms in total. The molecular formula is C16H19N. The van der Waals surface area contributed by atoms with Crippen LogP contribution < -0.4 is 5.32 Å². The van der Waals surface area contributed by atoms with E-state index in [2.05, 4.69) is 67.7 Å². The van der Waals surface area contributed by atoms with Crippen LogP contribution in [0.2, 0.25) is 0 Å². The Kier molecular flexibility index (Phi) is 3.81. The third-order valence-electron chi connectivity index (χ3n) is 3.00. The van der Waals surface area contributed by atoms with Gasteiger partial charge in [0.25, 0.3) is 0 Å². The van der Waals surface area contributed by atoms with Crippen molar-refractivity contribution < 1.29 is 0 Å². The molecule has 0 radical (unpaired) electrons. The Bertz CT molecular complexity index is 488. The highest BCUT2D eigenvalue weighted by atomic mass is 14.9. The van der Waals surface area contributed by atoms with Gasteiger partial charge in [-0.25, -0.2) is 0 Å². The number of nitrogens with one attached hydrogen (secondary N) is 1. The van der Waals surface area contributed by atoms with E-state index in [1.807, 2.05) is 0 Å². The molecule has 0 fully saturated rings. The van der Waals surface area contributed by atoms with Gasteiger partial charge in [0, 0.05) is 12.2 Å². The fraction of sp³-hybridized carbons (Fsp3) is 0.250. The van der Waals surface area contributed by atoms with Crippen LogP contribution >= 0.6 is 0 Å². The Hall–Kier alpha value is -1.76. The van der Waals surface area contributed by atoms with Crippen molar-refractivity contribution in [1.29, 1.82) is 0 Å². The largest absolute Gasteiger partial charge is 0.381 e. The van der Waals surface area contributed by atoms with E-state index in [-0.39, 0.29) is 0 Å². The lowest BCUT2D eigenvalue weighted by Crippen LogP contribution is -2.02. The molecule has 0 aliphatic carbocycles. The molecule has 1 N–H and O–H groups in total. The van der Waals surface area contributed by atoms with Gasteiger partial charge in [-0.15, -0.1) is 0 Å². The van der Waals surface area contributed by atoms with Crippen molar-refractivity contribution in [2.45, 2.75) is 26.8 Å². The van der Waals surface area contributed by atoms with Crippen molar-refractivity contribution >= 4 is 5.69 Å². The van der Waals surface area contributed by atoms with E-state index >= 15 is 0 Å². The summed E-state index contributed by atoms with van der Waals surface area (Å²) in [6.07, 6.45) is 1.09. The predicted octanol–water partition coefficient (Wildman–Crippen LogP) is 4.17. The molecular weight excluding hydrogens is 206 g/mol. The van der Waals surface area contributed by atoms with Crippen LogP contribution in [0.5, 0.6) is 0 Å². The number of hydrogen-bond donors (Lipinski definition) is 1. The van der Waals surface area contributed by atoms with Crippen molar-refractivity contribution in [3.8, 4) is 0 Å². The van der Waals surface area contributed by atoms with E-state index in [1.54, 1.807) is 0 Å². The van der Waals surface area contributed by atoms with Crippen molar-refractivity contribution in [3.05, 3.63) is 65.2 Å². The Morgan fingerprint density at radius 2 is 1.71 bits per heavy atom. The number of benzene rings is 2. The summed E-state index contributed by atoms with van der Waals surface area (Å²) in [7, 11) is 0. The zero-order chi connectivity index (χ0) is 12.1. The van der Waals surface area contributed by atoms with Crippen LogP contribution in [0.15, 0.2) is 48.5 Å². The fourth-order valence-corrected chi connectivity index (χ4v) is 2.03. The summed E-state index contributed by atoms with van der Waals surface area (Å²) in [5.41, 5.74) is 5.29. The van der Waals surface area contributed by atoms with Crippen LogP contribution in [-0.4, -0.2) is 0 Å². The van der Waals surface area contributed by atoms with Crippen LogP contribution in [0.3, 0.4) is 0 Å². The van der Waals surface area contributed by atoms with E-state index in [9.17, 15) is 0 Å². The van der Waals surface area contributed by atoms with Crippen molar-refractivity contribution in [3.63, 3.8) is 0 Å². The lowest BCUT2D eigenvalue weighted by molar-refractivity contribution is 1.04. The molecule has 2 aromatic rings. The molecule has 88 valence electrons. The predicted molar refractivity (Wildman–Crippen MR) is 74.3 cm³/mol. The second-order valence-corrected chi connectivity index (χ2v) is 4.35. The molecule has 0 aliphatic heterocycles. The molecule has 0 heterocycles. The van der Waals surface area contributed by atoms with Gasteiger partial charge in [-0.3, -0.25) is 0 Å². The molecule has 2 aromatic carbocycles. The third kappa shape index (κ3) is 3.10. The maximum absolute atomic E-state index is 3.48. The molecule has 0 amide bonds. The minimum absolute atomic E-state index is 0.896. The summed E-state index contributed by atoms with van der Waals surface area (Å²) in [5.74, 6) is 0. The van der Waals surface area contributed by atoms with Gasteiger partial charge in [0.15, 0.2) is 0 Å². The zero-order valence-electron chi connectivity index (χ0n) is 10.5. The molecule has 0 atom stereocenters. The highest BCUT2D eigenvalue weighted by molar-refractivity contribution is 5.46. The SMILES string of the molecule is CCc1ccccc1CNc1cccc(C)c1. The van der Waals surface area contributed by atoms with Crippen LogP contribution in [0.4, 0.5) is 5.69 Å². The Morgan fingerprint density at radius 3 is 2.41 bits per heavy atom. The summed E-state index contributed by atoms with van der Waals surface area (Å²) in [4.78, 5) is 0. The summed E-state index contributed by atoms with van der Waals surface area (Å²) in [6, 6.07) is 17.1. The first-order valence-corrected chi connectivity index (χ1v) is 6.17. The first-order valence-electron chi connectivity index (χ1n) is 6.17. The van der Waals surface area contributed by atoms with Gasteiger partial charge >= 0.3 is 0 Å². The minimum atomic E-state index is 0.896. The second kappa shape index (κ2) is 5.53. The Balaban J connectivity index is 2.07. The standard InChI is InChI=1S/C16H19N/c1-3-14-8-4-5-9-15(14)12-17-16-10-6-7-13(2)11-16/h4-11,17H,3,12H2,1-2H3. The summed E-state index contributed by atoms with van der Waals surface area (Å²) >= 11 is 0. The van der Waals surface area contributed by atoms with E-state index < -0.39 is 0 Å². The summed E-state index contributed by atoms with van der Waals surface area (Å²) in [6.45, 7) is 5.21. The quantitative estimate of drug-likeness (QED) is 0.823. The van der Waals surface area contributed by atoms with E-state index in [1.165, 1.54) is 22.4 Å². The van der Waals surface area contributed by atoms with E-state index in [4.69, 9.17) is 0 Å². The number of anilines is 1. The molecule has 1 heteroatoms. The normalized spacial score (nSPS) is 10.2. The Morgan fingerprint density at radius 1 is 0.941 bits per heavy atom. The average molecular weight is 225 g/mol. The lowest BCUT2D eigenvalue weighted by Gasteiger charge is -2.10. The molecule has 0 saturated carbocycles. The van der Waals surface area contributed by atoms with Gasteiger partial charge < -0.3 is 5.32 Å². The first-order chi connectivity index (χ1) is 8.29. The highest BCUT2D eigenvalue weighted by Gasteiger charge is 1.99. The van der Waals surface area contributed by atoms with Gasteiger partial charge in [-0.05, 0) is 42.2 Å². The second-order valence-electron chi connectivity index (χ2n) is 4.35. The smallest absolute Gasteiger partial charge is 0.0403 e. The lowest BCUT2D eigenvalue weighted by atomic mass is 10.1. The topological polar surface area (TPSA) is 12.0 Å². The van der Waals surface area contributed by atoms with Crippen LogP contribution in [-0.2, 0) is 13.0 Å². The molecule has 0 unspecified atom stereocenters. The average Bonchev–Trinajstić information content (AvgIpc) is 2.37. The van der Waals surface area contributed by atoms with Gasteiger partial charge in [-0.1, -0.05) is 43.3 Å². The monoisotopic (exact) mass is 225 g/mol. The van der Waals surface area contributed by atoms with Gasteiger partial charge in [-0.2, -0.15) is 0 Å². The molecule has 0 bridgehead atoms. The minimum Gasteiger partial charge on any atom is -0.381 e. The Labute approximate surface area is 103 Å². The molecule has 0 aromatic heterocycles. The zero-order valence-corrected chi connectivity index (χ0v) is 10.5. The van der Waals surface area contributed by atoms with Crippen LogP contribution in [0.1, 0.15) is 23.6 Å². The fourth-order valence-electron chi connectivity index (χ4n) is 2.03. The highest BCUT2D eigenvalue weighted by Crippen LogP contribution is 2.14. The number of aryl methyl sites for hydroxylation is 2. The van der Waals surface area contributed by atoms with Crippen LogP contribution in [0.25, 0.3) is 0 Å². The van der Waals surface area contributed by atoms with Gasteiger partial charge in [0.2, 0.25) is 0 Å². The third-order valence-corrected chi connectivity index (χ3v) is 3.00. The van der Waals surface area contributed by atoms with E-state index in [0.29, 0.717) is 0 Å². The number of hydrogen-bond acceptors (Lipinski definition) is 1. The molecule has 17 heavy (non-hydrogen) atoms. The molecule has 2 rings (SSSR count). The maximum Gasteiger partial charge on any atom is 0.0403 e. The number of rotatable bonds is 4. The van der Waals surface area contributed by atoms with Crippen LogP contribution in [0, 0.1) is 6.92 Å². The van der Waals surface area contributed by atoms with E-state index in [0.717, 1.165) is 13.0 Å². The molecule has 0 saturated heterocycles. The summed E-state index contributed by atoms with van der Waals surface area (Å²) < 4.78 is 0. The van der Waals surface area contributed by atoms with Crippen molar-refractivity contribution in [2.75, 3.05) is 5.32 Å². The van der Waals surface area contributed by atoms with Gasteiger partial charge in [0.05, 0.1) is 0 Å². The molecule has 0 aliphatic rings. The van der Waals surface area contributed by atoms with Crippen molar-refractivity contribution in [2.24, 2.45) is 0 Å². The van der Waals surface area contributed by atoms with Gasteiger partial charge in [0.1, 0.15) is 0 Å². The first kappa shape index (κ1) is 11.7.